The summed E-state index contributed by atoms with van der Waals surface area (Å²) < 4.78 is 30.9. The molecule has 2 aromatic rings. The third-order valence-corrected chi connectivity index (χ3v) is 4.05. The molecule has 3 rings (SSSR count). The zero-order valence-electron chi connectivity index (χ0n) is 10.6. The maximum atomic E-state index is 12.2. The number of fused-ring (bicyclic) bond motifs is 1. The van der Waals surface area contributed by atoms with E-state index in [1.54, 1.807) is 24.3 Å². The predicted molar refractivity (Wildman–Crippen MR) is 73.8 cm³/mol. The molecule has 21 heavy (non-hydrogen) atoms. The lowest BCUT2D eigenvalue weighted by molar-refractivity contribution is 0.0926. The molecule has 0 aromatic heterocycles. The van der Waals surface area contributed by atoms with Crippen molar-refractivity contribution < 1.29 is 22.6 Å². The molecule has 1 N–H and O–H groups in total. The SMILES string of the molecule is O=C1c2ccccc2C(=O)N1c1ccc(S(=O)(=O)O)cc1. The number of hydrogen-bond donors (Lipinski definition) is 1. The molecule has 0 saturated carbocycles. The number of amides is 2. The lowest BCUT2D eigenvalue weighted by atomic mass is 10.1. The molecule has 0 radical (unpaired) electrons. The molecule has 2 aromatic carbocycles. The second kappa shape index (κ2) is 4.51. The molecule has 0 bridgehead atoms. The number of rotatable bonds is 2. The summed E-state index contributed by atoms with van der Waals surface area (Å²) in [6.07, 6.45) is 0. The molecule has 1 aliphatic heterocycles. The highest BCUT2D eigenvalue weighted by atomic mass is 32.2. The van der Waals surface area contributed by atoms with Gasteiger partial charge in [0.2, 0.25) is 0 Å². The lowest BCUT2D eigenvalue weighted by Crippen LogP contribution is -2.29. The van der Waals surface area contributed by atoms with Crippen molar-refractivity contribution in [3.8, 4) is 0 Å². The van der Waals surface area contributed by atoms with E-state index in [0.717, 1.165) is 17.0 Å². The van der Waals surface area contributed by atoms with Crippen LogP contribution in [0.1, 0.15) is 20.7 Å². The fraction of sp³-hybridized carbons (Fsp3) is 0. The van der Waals surface area contributed by atoms with Crippen molar-refractivity contribution in [3.05, 3.63) is 59.7 Å². The molecule has 1 aliphatic rings. The average molecular weight is 303 g/mol. The number of anilines is 1. The molecular formula is C14H9NO5S. The summed E-state index contributed by atoms with van der Waals surface area (Å²) in [4.78, 5) is 25.1. The second-order valence-corrected chi connectivity index (χ2v) is 5.88. The average Bonchev–Trinajstić information content (AvgIpc) is 2.71. The first-order valence-electron chi connectivity index (χ1n) is 5.95. The van der Waals surface area contributed by atoms with Gasteiger partial charge in [-0.05, 0) is 36.4 Å². The van der Waals surface area contributed by atoms with Crippen molar-refractivity contribution in [2.75, 3.05) is 4.90 Å². The van der Waals surface area contributed by atoms with E-state index in [1.165, 1.54) is 12.1 Å². The molecule has 2 amide bonds. The largest absolute Gasteiger partial charge is 0.294 e. The third-order valence-electron chi connectivity index (χ3n) is 3.19. The smallest absolute Gasteiger partial charge is 0.282 e. The number of benzene rings is 2. The van der Waals surface area contributed by atoms with Crippen LogP contribution in [0.4, 0.5) is 5.69 Å². The first-order valence-corrected chi connectivity index (χ1v) is 7.39. The van der Waals surface area contributed by atoms with Crippen molar-refractivity contribution >= 4 is 27.6 Å². The Bertz CT molecular complexity index is 820. The van der Waals surface area contributed by atoms with Gasteiger partial charge in [-0.25, -0.2) is 4.90 Å². The van der Waals surface area contributed by atoms with E-state index in [4.69, 9.17) is 4.55 Å². The van der Waals surface area contributed by atoms with Crippen LogP contribution in [0, 0.1) is 0 Å². The molecular weight excluding hydrogens is 294 g/mol. The highest BCUT2D eigenvalue weighted by molar-refractivity contribution is 7.85. The van der Waals surface area contributed by atoms with Crippen LogP contribution in [0.2, 0.25) is 0 Å². The summed E-state index contributed by atoms with van der Waals surface area (Å²) in [7, 11) is -4.31. The van der Waals surface area contributed by atoms with E-state index in [2.05, 4.69) is 0 Å². The molecule has 0 saturated heterocycles. The Hall–Kier alpha value is -2.51. The van der Waals surface area contributed by atoms with Crippen molar-refractivity contribution in [3.63, 3.8) is 0 Å². The minimum Gasteiger partial charge on any atom is -0.282 e. The summed E-state index contributed by atoms with van der Waals surface area (Å²) in [5, 5.41) is 0. The number of carbonyl (C=O) groups excluding carboxylic acids is 2. The molecule has 0 unspecified atom stereocenters. The molecule has 1 heterocycles. The fourth-order valence-corrected chi connectivity index (χ4v) is 2.67. The molecule has 0 aliphatic carbocycles. The van der Waals surface area contributed by atoms with Gasteiger partial charge in [-0.2, -0.15) is 8.42 Å². The minimum atomic E-state index is -4.31. The van der Waals surface area contributed by atoms with Crippen LogP contribution in [0.25, 0.3) is 0 Å². The molecule has 0 spiro atoms. The lowest BCUT2D eigenvalue weighted by Gasteiger charge is -2.13. The Labute approximate surface area is 120 Å². The number of hydrogen-bond acceptors (Lipinski definition) is 4. The van der Waals surface area contributed by atoms with Crippen LogP contribution < -0.4 is 4.90 Å². The van der Waals surface area contributed by atoms with Crippen LogP contribution in [0.3, 0.4) is 0 Å². The van der Waals surface area contributed by atoms with Crippen LogP contribution in [-0.2, 0) is 10.1 Å². The topological polar surface area (TPSA) is 91.8 Å². The summed E-state index contributed by atoms with van der Waals surface area (Å²) in [6, 6.07) is 11.3. The Morgan fingerprint density at radius 2 is 1.29 bits per heavy atom. The van der Waals surface area contributed by atoms with Gasteiger partial charge >= 0.3 is 0 Å². The zero-order chi connectivity index (χ0) is 15.2. The van der Waals surface area contributed by atoms with Gasteiger partial charge in [0.25, 0.3) is 21.9 Å². The minimum absolute atomic E-state index is 0.244. The van der Waals surface area contributed by atoms with Gasteiger partial charge in [-0.15, -0.1) is 0 Å². The third kappa shape index (κ3) is 2.12. The number of imide groups is 1. The maximum Gasteiger partial charge on any atom is 0.294 e. The Morgan fingerprint density at radius 1 is 0.810 bits per heavy atom. The van der Waals surface area contributed by atoms with Crippen molar-refractivity contribution in [1.82, 2.24) is 0 Å². The summed E-state index contributed by atoms with van der Waals surface area (Å²) >= 11 is 0. The first kappa shape index (κ1) is 13.5. The van der Waals surface area contributed by atoms with Gasteiger partial charge in [0.15, 0.2) is 0 Å². The predicted octanol–water partition coefficient (Wildman–Crippen LogP) is 1.73. The van der Waals surface area contributed by atoms with Crippen LogP contribution in [-0.4, -0.2) is 24.8 Å². The van der Waals surface area contributed by atoms with Crippen LogP contribution in [0.15, 0.2) is 53.4 Å². The van der Waals surface area contributed by atoms with E-state index in [-0.39, 0.29) is 10.6 Å². The summed E-state index contributed by atoms with van der Waals surface area (Å²) in [6.45, 7) is 0. The number of carbonyl (C=O) groups is 2. The van der Waals surface area contributed by atoms with Gasteiger partial charge in [0.05, 0.1) is 21.7 Å². The number of nitrogens with zero attached hydrogens (tertiary/aromatic N) is 1. The van der Waals surface area contributed by atoms with Crippen molar-refractivity contribution in [2.45, 2.75) is 4.90 Å². The quantitative estimate of drug-likeness (QED) is 0.674. The van der Waals surface area contributed by atoms with Gasteiger partial charge < -0.3 is 0 Å². The van der Waals surface area contributed by atoms with E-state index in [1.807, 2.05) is 0 Å². The molecule has 7 heteroatoms. The second-order valence-electron chi connectivity index (χ2n) is 4.46. The van der Waals surface area contributed by atoms with E-state index < -0.39 is 21.9 Å². The van der Waals surface area contributed by atoms with Gasteiger partial charge in [0.1, 0.15) is 0 Å². The highest BCUT2D eigenvalue weighted by Crippen LogP contribution is 2.28. The standard InChI is InChI=1S/C14H9NO5S/c16-13-11-3-1-2-4-12(11)14(17)15(13)9-5-7-10(8-6-9)21(18,19)20/h1-8H,(H,18,19,20). The summed E-state index contributed by atoms with van der Waals surface area (Å²) in [5.41, 5.74) is 0.858. The van der Waals surface area contributed by atoms with Crippen LogP contribution in [0.5, 0.6) is 0 Å². The first-order chi connectivity index (χ1) is 9.89. The van der Waals surface area contributed by atoms with Crippen molar-refractivity contribution in [2.24, 2.45) is 0 Å². The van der Waals surface area contributed by atoms with Crippen LogP contribution >= 0.6 is 0 Å². The van der Waals surface area contributed by atoms with E-state index in [0.29, 0.717) is 11.1 Å². The van der Waals surface area contributed by atoms with Gasteiger partial charge in [-0.3, -0.25) is 14.1 Å². The monoisotopic (exact) mass is 303 g/mol. The van der Waals surface area contributed by atoms with E-state index in [9.17, 15) is 18.0 Å². The Morgan fingerprint density at radius 3 is 1.71 bits per heavy atom. The maximum absolute atomic E-state index is 12.2. The molecule has 6 nitrogen and oxygen atoms in total. The normalized spacial score (nSPS) is 14.4. The highest BCUT2D eigenvalue weighted by Gasteiger charge is 2.36. The van der Waals surface area contributed by atoms with E-state index >= 15 is 0 Å². The molecule has 106 valence electrons. The Kier molecular flexibility index (Phi) is 2.89. The Balaban J connectivity index is 2.03. The molecule has 0 fully saturated rings. The molecule has 0 atom stereocenters. The van der Waals surface area contributed by atoms with Crippen molar-refractivity contribution in [1.29, 1.82) is 0 Å². The fourth-order valence-electron chi connectivity index (χ4n) is 2.19. The summed E-state index contributed by atoms with van der Waals surface area (Å²) in [5.74, 6) is -0.926. The zero-order valence-corrected chi connectivity index (χ0v) is 11.4. The van der Waals surface area contributed by atoms with Gasteiger partial charge in [0, 0.05) is 0 Å². The van der Waals surface area contributed by atoms with Gasteiger partial charge in [-0.1, -0.05) is 12.1 Å².